The first-order valence-corrected chi connectivity index (χ1v) is 26.8. The molecule has 0 aromatic carbocycles. The lowest BCUT2D eigenvalue weighted by molar-refractivity contribution is -0.147. The summed E-state index contributed by atoms with van der Waals surface area (Å²) in [6, 6.07) is 0. The van der Waals surface area contributed by atoms with Crippen LogP contribution in [0.1, 0.15) is 226 Å². The first-order chi connectivity index (χ1) is 30.3. The average Bonchev–Trinajstić information content (AvgIpc) is 3.26. The van der Waals surface area contributed by atoms with E-state index in [1.807, 2.05) is 0 Å². The minimum absolute atomic E-state index is 0.0753. The van der Waals surface area contributed by atoms with Crippen molar-refractivity contribution < 1.29 is 37.9 Å². The van der Waals surface area contributed by atoms with E-state index in [0.29, 0.717) is 6.42 Å². The van der Waals surface area contributed by atoms with Gasteiger partial charge in [0.05, 0.1) is 13.2 Å². The molecule has 3 N–H and O–H groups in total. The van der Waals surface area contributed by atoms with Crippen LogP contribution >= 0.6 is 7.82 Å². The van der Waals surface area contributed by atoms with Crippen LogP contribution in [-0.2, 0) is 27.9 Å². The summed E-state index contributed by atoms with van der Waals surface area (Å²) >= 11 is 0. The number of allylic oxidation sites excluding steroid dienone is 10. The van der Waals surface area contributed by atoms with Gasteiger partial charge >= 0.3 is 13.8 Å². The van der Waals surface area contributed by atoms with E-state index in [0.717, 1.165) is 64.2 Å². The molecule has 1 amide bonds. The average molecular weight is 892 g/mol. The number of phosphoric ester groups is 1. The van der Waals surface area contributed by atoms with Gasteiger partial charge in [0.15, 0.2) is 0 Å². The van der Waals surface area contributed by atoms with Gasteiger partial charge in [0.25, 0.3) is 0 Å². The van der Waals surface area contributed by atoms with Gasteiger partial charge in [-0.25, -0.2) is 4.57 Å². The van der Waals surface area contributed by atoms with Crippen molar-refractivity contribution in [1.82, 2.24) is 5.32 Å². The Morgan fingerprint density at radius 1 is 0.500 bits per heavy atom. The molecule has 0 saturated carbocycles. The number of aliphatic hydroxyl groups excluding tert-OH is 1. The number of carbonyl (C=O) groups excluding carboxylic acids is 2. The highest BCUT2D eigenvalue weighted by molar-refractivity contribution is 7.47. The van der Waals surface area contributed by atoms with Crippen molar-refractivity contribution in [2.24, 2.45) is 0 Å². The van der Waals surface area contributed by atoms with Gasteiger partial charge in [-0.1, -0.05) is 190 Å². The number of rotatable bonds is 47. The van der Waals surface area contributed by atoms with Crippen LogP contribution in [-0.4, -0.2) is 54.3 Å². The Labute approximate surface area is 380 Å². The number of nitrogens with one attached hydrogen (secondary N) is 1. The summed E-state index contributed by atoms with van der Waals surface area (Å²) < 4.78 is 27.0. The van der Waals surface area contributed by atoms with E-state index in [1.165, 1.54) is 135 Å². The highest BCUT2D eigenvalue weighted by Gasteiger charge is 2.23. The second-order valence-corrected chi connectivity index (χ2v) is 18.2. The van der Waals surface area contributed by atoms with Gasteiger partial charge in [0.1, 0.15) is 12.7 Å². The molecular formula is C52H94NO8P. The van der Waals surface area contributed by atoms with E-state index < -0.39 is 26.5 Å². The van der Waals surface area contributed by atoms with Crippen LogP contribution in [0.5, 0.6) is 0 Å². The van der Waals surface area contributed by atoms with E-state index in [2.05, 4.69) is 79.9 Å². The smallest absolute Gasteiger partial charge is 0.463 e. The normalized spacial score (nSPS) is 13.7. The van der Waals surface area contributed by atoms with Crippen molar-refractivity contribution in [3.05, 3.63) is 60.8 Å². The second kappa shape index (κ2) is 48.2. The first-order valence-electron chi connectivity index (χ1n) is 25.3. The van der Waals surface area contributed by atoms with Crippen molar-refractivity contribution in [3.8, 4) is 0 Å². The first kappa shape index (κ1) is 59.7. The minimum Gasteiger partial charge on any atom is -0.463 e. The molecule has 2 atom stereocenters. The second-order valence-electron chi connectivity index (χ2n) is 16.8. The fourth-order valence-electron chi connectivity index (χ4n) is 6.83. The van der Waals surface area contributed by atoms with Gasteiger partial charge in [0, 0.05) is 19.4 Å². The molecule has 0 saturated heterocycles. The van der Waals surface area contributed by atoms with E-state index in [9.17, 15) is 24.2 Å². The number of esters is 1. The van der Waals surface area contributed by atoms with Gasteiger partial charge in [0.2, 0.25) is 5.91 Å². The molecule has 10 heteroatoms. The number of unbranched alkanes of at least 4 members (excludes halogenated alkanes) is 24. The molecule has 0 aliphatic rings. The maximum atomic E-state index is 12.1. The van der Waals surface area contributed by atoms with E-state index in [1.54, 1.807) is 0 Å². The van der Waals surface area contributed by atoms with Gasteiger partial charge < -0.3 is 20.1 Å². The van der Waals surface area contributed by atoms with Crippen molar-refractivity contribution in [3.63, 3.8) is 0 Å². The monoisotopic (exact) mass is 892 g/mol. The van der Waals surface area contributed by atoms with Gasteiger partial charge in [-0.2, -0.15) is 0 Å². The van der Waals surface area contributed by atoms with Crippen molar-refractivity contribution in [1.29, 1.82) is 0 Å². The third kappa shape index (κ3) is 48.7. The Morgan fingerprint density at radius 2 is 0.871 bits per heavy atom. The SMILES string of the molecule is CCCCC/C=C\C/C=C\C/C=C\CCCCCCCCCCCCC(=O)OCC(O)COP(=O)(O)OCCNC(=O)CCCCCCCCC/C=C\C/C=C\CCCCCC. The molecule has 2 unspecified atom stereocenters. The summed E-state index contributed by atoms with van der Waals surface area (Å²) in [5, 5.41) is 12.7. The standard InChI is InChI=1S/C52H94NO8P/c1-3-5-7-9-11-13-15-17-19-21-23-24-25-26-27-29-31-33-35-37-39-41-43-45-52(56)59-48-50(54)49-61-62(57,58)60-47-46-53-51(55)44-42-40-38-36-34-32-30-28-22-20-18-16-14-12-10-8-6-4-2/h11,13-14,16-17,19-20,22-24,50,54H,3-10,12,15,18,21,25-49H2,1-2H3,(H,53,55)(H,57,58)/b13-11-,16-14-,19-17-,22-20-,24-23-. The largest absolute Gasteiger partial charge is 0.472 e. The number of hydrogen-bond donors (Lipinski definition) is 3. The predicted octanol–water partition coefficient (Wildman–Crippen LogP) is 14.8. The number of carbonyl (C=O) groups is 2. The van der Waals surface area contributed by atoms with Crippen molar-refractivity contribution in [2.45, 2.75) is 232 Å². The minimum atomic E-state index is -4.43. The molecule has 0 aliphatic carbocycles. The zero-order chi connectivity index (χ0) is 45.3. The lowest BCUT2D eigenvalue weighted by Gasteiger charge is -2.15. The lowest BCUT2D eigenvalue weighted by atomic mass is 10.1. The zero-order valence-corrected chi connectivity index (χ0v) is 40.7. The molecule has 0 spiro atoms. The summed E-state index contributed by atoms with van der Waals surface area (Å²) in [7, 11) is -4.43. The summed E-state index contributed by atoms with van der Waals surface area (Å²) in [4.78, 5) is 34.1. The van der Waals surface area contributed by atoms with Crippen LogP contribution in [0.2, 0.25) is 0 Å². The predicted molar refractivity (Wildman–Crippen MR) is 261 cm³/mol. The Kier molecular flexibility index (Phi) is 46.4. The number of amides is 1. The van der Waals surface area contributed by atoms with Crippen LogP contribution < -0.4 is 5.32 Å². The molecule has 0 aliphatic heterocycles. The quantitative estimate of drug-likeness (QED) is 0.0238. The highest BCUT2D eigenvalue weighted by Crippen LogP contribution is 2.42. The molecule has 0 heterocycles. The van der Waals surface area contributed by atoms with Gasteiger partial charge in [-0.05, 0) is 83.5 Å². The third-order valence-corrected chi connectivity index (χ3v) is 11.7. The zero-order valence-electron chi connectivity index (χ0n) is 39.8. The Bertz CT molecular complexity index is 1200. The fraction of sp³-hybridized carbons (Fsp3) is 0.769. The number of aliphatic hydroxyl groups is 1. The maximum absolute atomic E-state index is 12.1. The van der Waals surface area contributed by atoms with Crippen LogP contribution in [0.4, 0.5) is 0 Å². The van der Waals surface area contributed by atoms with Crippen molar-refractivity contribution >= 4 is 19.7 Å². The number of phosphoric acid groups is 1. The Hall–Kier alpha value is -2.29. The number of hydrogen-bond acceptors (Lipinski definition) is 7. The molecule has 62 heavy (non-hydrogen) atoms. The summed E-state index contributed by atoms with van der Waals surface area (Å²) in [5.74, 6) is -0.527. The fourth-order valence-corrected chi connectivity index (χ4v) is 7.59. The van der Waals surface area contributed by atoms with Gasteiger partial charge in [-0.3, -0.25) is 18.6 Å². The summed E-state index contributed by atoms with van der Waals surface area (Å²) in [6.45, 7) is 3.51. The van der Waals surface area contributed by atoms with Gasteiger partial charge in [-0.15, -0.1) is 0 Å². The van der Waals surface area contributed by atoms with Crippen LogP contribution in [0, 0.1) is 0 Å². The van der Waals surface area contributed by atoms with E-state index in [-0.39, 0.29) is 32.1 Å². The molecule has 0 bridgehead atoms. The Morgan fingerprint density at radius 3 is 1.34 bits per heavy atom. The molecule has 0 aromatic rings. The molecule has 0 radical (unpaired) electrons. The summed E-state index contributed by atoms with van der Waals surface area (Å²) in [6.07, 6.45) is 58.6. The Balaban J connectivity index is 3.59. The molecular weight excluding hydrogens is 798 g/mol. The number of ether oxygens (including phenoxy) is 1. The van der Waals surface area contributed by atoms with Crippen molar-refractivity contribution in [2.75, 3.05) is 26.4 Å². The molecule has 360 valence electrons. The molecule has 9 nitrogen and oxygen atoms in total. The van der Waals surface area contributed by atoms with Crippen LogP contribution in [0.3, 0.4) is 0 Å². The third-order valence-electron chi connectivity index (χ3n) is 10.7. The maximum Gasteiger partial charge on any atom is 0.472 e. The highest BCUT2D eigenvalue weighted by atomic mass is 31.2. The van der Waals surface area contributed by atoms with E-state index >= 15 is 0 Å². The lowest BCUT2D eigenvalue weighted by Crippen LogP contribution is -2.27. The summed E-state index contributed by atoms with van der Waals surface area (Å²) in [5.41, 5.74) is 0. The van der Waals surface area contributed by atoms with E-state index in [4.69, 9.17) is 13.8 Å². The molecule has 0 aromatic heterocycles. The molecule has 0 fully saturated rings. The van der Waals surface area contributed by atoms with Crippen LogP contribution in [0.15, 0.2) is 60.8 Å². The topological polar surface area (TPSA) is 131 Å². The van der Waals surface area contributed by atoms with Crippen LogP contribution in [0.25, 0.3) is 0 Å². The molecule has 0 rings (SSSR count).